The maximum atomic E-state index is 10.9. The number of aromatic nitrogens is 2. The van der Waals surface area contributed by atoms with Crippen molar-refractivity contribution >= 4 is 0 Å². The Kier molecular flexibility index (Phi) is 4.10. The van der Waals surface area contributed by atoms with Crippen molar-refractivity contribution in [3.63, 3.8) is 0 Å². The number of aryl methyl sites for hydroxylation is 1. The Balaban J connectivity index is 2.10. The second-order valence-electron chi connectivity index (χ2n) is 6.06. The number of hydrogen-bond acceptors (Lipinski definition) is 2. The molecule has 0 bridgehead atoms. The number of nitrogens with zero attached hydrogens (tertiary/aromatic N) is 2. The van der Waals surface area contributed by atoms with E-state index < -0.39 is 5.60 Å². The summed E-state index contributed by atoms with van der Waals surface area (Å²) in [6, 6.07) is 0. The van der Waals surface area contributed by atoms with Crippen LogP contribution in [0.4, 0.5) is 0 Å². The van der Waals surface area contributed by atoms with Crippen molar-refractivity contribution in [3.8, 4) is 0 Å². The molecule has 0 radical (unpaired) electrons. The average Bonchev–Trinajstić information content (AvgIpc) is 2.79. The Morgan fingerprint density at radius 1 is 1.44 bits per heavy atom. The van der Waals surface area contributed by atoms with E-state index in [1.54, 1.807) is 0 Å². The lowest BCUT2D eigenvalue weighted by Gasteiger charge is -2.37. The summed E-state index contributed by atoms with van der Waals surface area (Å²) in [4.78, 5) is 4.41. The van der Waals surface area contributed by atoms with Gasteiger partial charge in [0, 0.05) is 18.9 Å². The highest BCUT2D eigenvalue weighted by Gasteiger charge is 2.38. The monoisotopic (exact) mass is 250 g/mol. The fourth-order valence-electron chi connectivity index (χ4n) is 3.15. The largest absolute Gasteiger partial charge is 0.382 e. The van der Waals surface area contributed by atoms with E-state index in [1.807, 2.05) is 12.4 Å². The highest BCUT2D eigenvalue weighted by molar-refractivity contribution is 5.07. The first-order valence-electron chi connectivity index (χ1n) is 7.31. The Morgan fingerprint density at radius 2 is 2.11 bits per heavy atom. The Bertz CT molecular complexity index is 376. The Morgan fingerprint density at radius 3 is 2.67 bits per heavy atom. The molecule has 1 fully saturated rings. The van der Waals surface area contributed by atoms with Gasteiger partial charge in [0.2, 0.25) is 0 Å². The SMILES string of the molecule is CCCn1ccnc1C1(O)CCC(C(C)C)CC1. The molecule has 3 nitrogen and oxygen atoms in total. The van der Waals surface area contributed by atoms with Crippen LogP contribution in [0.3, 0.4) is 0 Å². The third-order valence-electron chi connectivity index (χ3n) is 4.40. The number of aliphatic hydroxyl groups is 1. The van der Waals surface area contributed by atoms with E-state index in [2.05, 4.69) is 30.3 Å². The van der Waals surface area contributed by atoms with E-state index in [4.69, 9.17) is 0 Å². The fourth-order valence-corrected chi connectivity index (χ4v) is 3.15. The summed E-state index contributed by atoms with van der Waals surface area (Å²) in [5.41, 5.74) is -0.690. The molecule has 18 heavy (non-hydrogen) atoms. The molecule has 1 aromatic rings. The topological polar surface area (TPSA) is 38.0 Å². The summed E-state index contributed by atoms with van der Waals surface area (Å²) in [7, 11) is 0. The zero-order chi connectivity index (χ0) is 13.2. The highest BCUT2D eigenvalue weighted by Crippen LogP contribution is 2.41. The van der Waals surface area contributed by atoms with E-state index in [1.165, 1.54) is 0 Å². The minimum Gasteiger partial charge on any atom is -0.382 e. The molecule has 1 aliphatic carbocycles. The van der Waals surface area contributed by atoms with Crippen LogP contribution in [0.5, 0.6) is 0 Å². The summed E-state index contributed by atoms with van der Waals surface area (Å²) in [5.74, 6) is 2.37. The molecule has 102 valence electrons. The molecule has 1 aromatic heterocycles. The zero-order valence-corrected chi connectivity index (χ0v) is 11.9. The Hall–Kier alpha value is -0.830. The summed E-state index contributed by atoms with van der Waals surface area (Å²) in [6.45, 7) is 7.68. The van der Waals surface area contributed by atoms with E-state index in [-0.39, 0.29) is 0 Å². The molecule has 1 saturated carbocycles. The van der Waals surface area contributed by atoms with Crippen molar-refractivity contribution in [2.45, 2.75) is 65.0 Å². The van der Waals surface area contributed by atoms with Crippen LogP contribution in [0.2, 0.25) is 0 Å². The molecule has 2 rings (SSSR count). The van der Waals surface area contributed by atoms with Gasteiger partial charge < -0.3 is 9.67 Å². The number of imidazole rings is 1. The molecule has 0 amide bonds. The third-order valence-corrected chi connectivity index (χ3v) is 4.40. The predicted octanol–water partition coefficient (Wildman–Crippen LogP) is 3.33. The van der Waals surface area contributed by atoms with Crippen molar-refractivity contribution in [2.75, 3.05) is 0 Å². The molecule has 1 heterocycles. The van der Waals surface area contributed by atoms with Crippen molar-refractivity contribution in [1.29, 1.82) is 0 Å². The van der Waals surface area contributed by atoms with Gasteiger partial charge in [-0.05, 0) is 43.9 Å². The minimum absolute atomic E-state index is 0.690. The van der Waals surface area contributed by atoms with E-state index in [9.17, 15) is 5.11 Å². The molecule has 0 spiro atoms. The smallest absolute Gasteiger partial charge is 0.140 e. The zero-order valence-electron chi connectivity index (χ0n) is 11.9. The molecule has 0 aliphatic heterocycles. The summed E-state index contributed by atoms with van der Waals surface area (Å²) in [5, 5.41) is 10.9. The van der Waals surface area contributed by atoms with Crippen LogP contribution in [0.1, 0.15) is 58.7 Å². The standard InChI is InChI=1S/C15H26N2O/c1-4-10-17-11-9-16-14(17)15(18)7-5-13(6-8-15)12(2)3/h9,11-13,18H,4-8,10H2,1-3H3. The van der Waals surface area contributed by atoms with Crippen molar-refractivity contribution < 1.29 is 5.11 Å². The normalized spacial score (nSPS) is 28.8. The summed E-state index contributed by atoms with van der Waals surface area (Å²) < 4.78 is 2.12. The van der Waals surface area contributed by atoms with Crippen molar-refractivity contribution in [3.05, 3.63) is 18.2 Å². The molecule has 1 aliphatic rings. The lowest BCUT2D eigenvalue weighted by molar-refractivity contribution is -0.0301. The van der Waals surface area contributed by atoms with Gasteiger partial charge in [-0.1, -0.05) is 20.8 Å². The van der Waals surface area contributed by atoms with Gasteiger partial charge in [-0.3, -0.25) is 0 Å². The lowest BCUT2D eigenvalue weighted by Crippen LogP contribution is -2.35. The van der Waals surface area contributed by atoms with Gasteiger partial charge in [0.25, 0.3) is 0 Å². The highest BCUT2D eigenvalue weighted by atomic mass is 16.3. The van der Waals surface area contributed by atoms with Crippen molar-refractivity contribution in [1.82, 2.24) is 9.55 Å². The number of hydrogen-bond donors (Lipinski definition) is 1. The van der Waals surface area contributed by atoms with Crippen LogP contribution in [0.25, 0.3) is 0 Å². The second kappa shape index (κ2) is 5.43. The minimum atomic E-state index is -0.690. The third kappa shape index (κ3) is 2.61. The maximum absolute atomic E-state index is 10.9. The van der Waals surface area contributed by atoms with Crippen LogP contribution < -0.4 is 0 Å². The van der Waals surface area contributed by atoms with Gasteiger partial charge in [0.1, 0.15) is 11.4 Å². The Labute approximate surface area is 110 Å². The van der Waals surface area contributed by atoms with Crippen LogP contribution in [0, 0.1) is 11.8 Å². The molecule has 0 atom stereocenters. The van der Waals surface area contributed by atoms with E-state index >= 15 is 0 Å². The van der Waals surface area contributed by atoms with Crippen LogP contribution in [-0.4, -0.2) is 14.7 Å². The van der Waals surface area contributed by atoms with Gasteiger partial charge in [-0.2, -0.15) is 0 Å². The predicted molar refractivity (Wildman–Crippen MR) is 73.2 cm³/mol. The van der Waals surface area contributed by atoms with Crippen LogP contribution >= 0.6 is 0 Å². The molecule has 0 aromatic carbocycles. The molecular weight excluding hydrogens is 224 g/mol. The van der Waals surface area contributed by atoms with Gasteiger partial charge >= 0.3 is 0 Å². The quantitative estimate of drug-likeness (QED) is 0.890. The van der Waals surface area contributed by atoms with E-state index in [0.717, 1.165) is 56.3 Å². The summed E-state index contributed by atoms with van der Waals surface area (Å²) in [6.07, 6.45) is 8.84. The first-order valence-corrected chi connectivity index (χ1v) is 7.31. The van der Waals surface area contributed by atoms with Gasteiger partial charge in [-0.25, -0.2) is 4.98 Å². The molecule has 0 unspecified atom stereocenters. The first kappa shape index (κ1) is 13.6. The van der Waals surface area contributed by atoms with Crippen molar-refractivity contribution in [2.24, 2.45) is 11.8 Å². The van der Waals surface area contributed by atoms with Crippen LogP contribution in [0.15, 0.2) is 12.4 Å². The fraction of sp³-hybridized carbons (Fsp3) is 0.800. The maximum Gasteiger partial charge on any atom is 0.140 e. The average molecular weight is 250 g/mol. The number of rotatable bonds is 4. The molecular formula is C15H26N2O. The molecule has 0 saturated heterocycles. The lowest BCUT2D eigenvalue weighted by atomic mass is 9.74. The van der Waals surface area contributed by atoms with Crippen LogP contribution in [-0.2, 0) is 12.1 Å². The van der Waals surface area contributed by atoms with E-state index in [0.29, 0.717) is 0 Å². The summed E-state index contributed by atoms with van der Waals surface area (Å²) >= 11 is 0. The first-order chi connectivity index (χ1) is 8.57. The molecule has 1 N–H and O–H groups in total. The van der Waals surface area contributed by atoms with Gasteiger partial charge in [0.15, 0.2) is 0 Å². The van der Waals surface area contributed by atoms with Gasteiger partial charge in [0.05, 0.1) is 0 Å². The van der Waals surface area contributed by atoms with Gasteiger partial charge in [-0.15, -0.1) is 0 Å². The molecule has 3 heteroatoms. The second-order valence-corrected chi connectivity index (χ2v) is 6.06.